The van der Waals surface area contributed by atoms with Crippen molar-refractivity contribution in [2.45, 2.75) is 50.7 Å². The van der Waals surface area contributed by atoms with Crippen LogP contribution in [0.15, 0.2) is 52.1 Å². The molecule has 358 valence electrons. The Balaban J connectivity index is 0.860. The Morgan fingerprint density at radius 3 is 1.83 bits per heavy atom. The first-order chi connectivity index (χ1) is 31.3. The molecule has 4 N–H and O–H groups in total. The van der Waals surface area contributed by atoms with E-state index >= 15 is 0 Å². The van der Waals surface area contributed by atoms with Crippen molar-refractivity contribution in [2.24, 2.45) is 11.0 Å². The number of nitrogens with two attached hydrogens (primary N) is 1. The van der Waals surface area contributed by atoms with Crippen molar-refractivity contribution in [1.82, 2.24) is 10.7 Å². The first-order valence-corrected chi connectivity index (χ1v) is 21.7. The van der Waals surface area contributed by atoms with Crippen LogP contribution in [0.4, 0.5) is 0 Å². The van der Waals surface area contributed by atoms with Crippen molar-refractivity contribution in [3.63, 3.8) is 0 Å². The van der Waals surface area contributed by atoms with E-state index in [2.05, 4.69) is 17.1 Å². The van der Waals surface area contributed by atoms with Crippen LogP contribution >= 0.6 is 0 Å². The normalized spacial score (nSPS) is 19.1. The summed E-state index contributed by atoms with van der Waals surface area (Å²) in [6.07, 6.45) is 1.55. The molecule has 3 heterocycles. The molecule has 0 unspecified atom stereocenters. The summed E-state index contributed by atoms with van der Waals surface area (Å²) in [7, 11) is 3.21. The van der Waals surface area contributed by atoms with E-state index in [0.717, 1.165) is 39.6 Å². The molecule has 0 radical (unpaired) electrons. The number of fused-ring (bicyclic) bond motifs is 4. The molecule has 1 aromatic carbocycles. The lowest BCUT2D eigenvalue weighted by molar-refractivity contribution is -0.126. The van der Waals surface area contributed by atoms with Crippen LogP contribution in [0.5, 0.6) is 17.2 Å². The number of benzene rings is 1. The molecule has 5 rings (SSSR count). The maximum Gasteiger partial charge on any atom is 0.260 e. The maximum atomic E-state index is 12.6. The molecule has 64 heavy (non-hydrogen) atoms. The fraction of sp³-hybridized carbons (Fsp3) is 0.659. The fourth-order valence-corrected chi connectivity index (χ4v) is 7.11. The first kappa shape index (κ1) is 50.5. The zero-order valence-electron chi connectivity index (χ0n) is 37.4. The van der Waals surface area contributed by atoms with Crippen molar-refractivity contribution in [3.05, 3.63) is 52.5 Å². The summed E-state index contributed by atoms with van der Waals surface area (Å²) < 4.78 is 73.9. The average Bonchev–Trinajstić information content (AvgIpc) is 3.75. The number of ether oxygens (including phenoxy) is 13. The molecule has 0 fully saturated rings. The Morgan fingerprint density at radius 1 is 0.734 bits per heavy atom. The second-order valence-corrected chi connectivity index (χ2v) is 14.9. The number of nitrogens with one attached hydrogen (secondary N) is 2. The number of carbonyl (C=O) groups is 2. The summed E-state index contributed by atoms with van der Waals surface area (Å²) in [5.74, 6) is 7.84. The number of methoxy groups -OCH3 is 2. The summed E-state index contributed by atoms with van der Waals surface area (Å²) in [6.45, 7) is 13.2. The zero-order chi connectivity index (χ0) is 45.4. The van der Waals surface area contributed by atoms with E-state index in [4.69, 9.17) is 72.3 Å². The molecule has 1 aromatic rings. The Bertz CT molecular complexity index is 1740. The summed E-state index contributed by atoms with van der Waals surface area (Å²) in [6, 6.07) is 3.80. The number of nitrogens with zero attached hydrogens (tertiary/aromatic N) is 1. The highest BCUT2D eigenvalue weighted by Crippen LogP contribution is 2.51. The summed E-state index contributed by atoms with van der Waals surface area (Å²) in [4.78, 5) is 29.2. The van der Waals surface area contributed by atoms with Crippen LogP contribution in [0.2, 0.25) is 0 Å². The molecule has 3 atom stereocenters. The third kappa shape index (κ3) is 16.2. The molecule has 1 aliphatic carbocycles. The van der Waals surface area contributed by atoms with Gasteiger partial charge in [-0.15, -0.1) is 0 Å². The highest BCUT2D eigenvalue weighted by atomic mass is 16.6. The van der Waals surface area contributed by atoms with Gasteiger partial charge < -0.3 is 71.7 Å². The highest BCUT2D eigenvalue weighted by molar-refractivity contribution is 6.04. The molecule has 20 nitrogen and oxygen atoms in total. The van der Waals surface area contributed by atoms with Crippen LogP contribution in [0, 0.1) is 0 Å². The number of hydrogen-bond acceptors (Lipinski definition) is 18. The molecule has 0 aromatic heterocycles. The minimum Gasteiger partial charge on any atom is -0.493 e. The zero-order valence-corrected chi connectivity index (χ0v) is 37.4. The van der Waals surface area contributed by atoms with Crippen molar-refractivity contribution < 1.29 is 76.0 Å². The van der Waals surface area contributed by atoms with E-state index in [1.165, 1.54) is 0 Å². The lowest BCUT2D eigenvalue weighted by Gasteiger charge is -2.40. The number of hydrogen-bond donors (Lipinski definition) is 3. The minimum absolute atomic E-state index is 0.0266. The number of oxime groups is 1. The van der Waals surface area contributed by atoms with Gasteiger partial charge in [-0.1, -0.05) is 11.7 Å². The van der Waals surface area contributed by atoms with E-state index < -0.39 is 0 Å². The minimum atomic E-state index is -0.321. The summed E-state index contributed by atoms with van der Waals surface area (Å²) >= 11 is 0. The predicted octanol–water partition coefficient (Wildman–Crippen LogP) is 2.25. The quantitative estimate of drug-likeness (QED) is 0.0302. The van der Waals surface area contributed by atoms with Crippen LogP contribution < -0.4 is 30.8 Å². The van der Waals surface area contributed by atoms with E-state index in [9.17, 15) is 9.59 Å². The van der Waals surface area contributed by atoms with Gasteiger partial charge in [-0.25, -0.2) is 5.84 Å². The van der Waals surface area contributed by atoms with Crippen LogP contribution in [0.25, 0.3) is 0 Å². The fourth-order valence-electron chi connectivity index (χ4n) is 7.11. The van der Waals surface area contributed by atoms with E-state index in [0.29, 0.717) is 155 Å². The molecule has 2 amide bonds. The molecule has 0 saturated heterocycles. The Hall–Kier alpha value is -4.51. The second kappa shape index (κ2) is 28.4. The van der Waals surface area contributed by atoms with E-state index in [1.807, 2.05) is 24.5 Å². The molecule has 4 aliphatic rings. The number of hydrazine groups is 1. The number of carbonyl (C=O) groups excluding carboxylic acids is 2. The molecular formula is C44H66N4O16. The van der Waals surface area contributed by atoms with Crippen LogP contribution in [-0.2, 0) is 61.8 Å². The van der Waals surface area contributed by atoms with Crippen molar-refractivity contribution >= 4 is 17.5 Å². The summed E-state index contributed by atoms with van der Waals surface area (Å²) in [5, 5.41) is 7.25. The van der Waals surface area contributed by atoms with Gasteiger partial charge in [-0.2, -0.15) is 0 Å². The SMILES string of the molecule is C=C(C)[C@H]1CC2=C(CC(=NOCC(=O)NCCOCCOCCOCCOCCOCCOCCOCCOCCC(=O)NN)C3=C2O[C@@H]2COc4cc(OC)c(OC)cc4[C@@H]2C3)O1. The first-order valence-electron chi connectivity index (χ1n) is 21.7. The van der Waals surface area contributed by atoms with Gasteiger partial charge in [0.05, 0.1) is 138 Å². The molecule has 20 heteroatoms. The van der Waals surface area contributed by atoms with Gasteiger partial charge in [0, 0.05) is 41.7 Å². The topological polar surface area (TPSA) is 226 Å². The van der Waals surface area contributed by atoms with E-state index in [1.54, 1.807) is 14.2 Å². The van der Waals surface area contributed by atoms with Gasteiger partial charge in [0.2, 0.25) is 5.91 Å². The van der Waals surface area contributed by atoms with Gasteiger partial charge in [-0.05, 0) is 25.0 Å². The number of rotatable bonds is 33. The molecule has 0 bridgehead atoms. The number of allylic oxidation sites excluding steroid dienone is 3. The Morgan fingerprint density at radius 2 is 1.28 bits per heavy atom. The van der Waals surface area contributed by atoms with Gasteiger partial charge in [0.1, 0.15) is 36.1 Å². The van der Waals surface area contributed by atoms with Crippen LogP contribution in [0.1, 0.15) is 44.1 Å². The largest absolute Gasteiger partial charge is 0.493 e. The molecule has 0 saturated carbocycles. The smallest absolute Gasteiger partial charge is 0.260 e. The lowest BCUT2D eigenvalue weighted by atomic mass is 9.78. The number of amides is 2. The van der Waals surface area contributed by atoms with Crippen molar-refractivity contribution in [1.29, 1.82) is 0 Å². The van der Waals surface area contributed by atoms with Gasteiger partial charge >= 0.3 is 0 Å². The van der Waals surface area contributed by atoms with Gasteiger partial charge in [0.25, 0.3) is 5.91 Å². The third-order valence-corrected chi connectivity index (χ3v) is 10.4. The standard InChI is InChI=1S/C44H66N4O16/c1-30(2)36-25-34-38(63-36)26-35(33-23-31-32-24-39(51-3)40(52-4)27-37(32)61-28-41(31)64-44(33)34)48-62-29-43(50)46-6-8-54-10-12-56-14-16-58-18-20-60-22-21-59-19-17-57-15-13-55-11-9-53-7-5-42(49)47-45/h24,27,31,36,41H,1,5-23,25-26,28-29,45H2,2-4H3,(H,46,50)(H,47,49)/t31-,36+,41+/m0/s1. The lowest BCUT2D eigenvalue weighted by Crippen LogP contribution is -2.39. The van der Waals surface area contributed by atoms with Gasteiger partial charge in [0.15, 0.2) is 18.1 Å². The third-order valence-electron chi connectivity index (χ3n) is 10.4. The van der Waals surface area contributed by atoms with Crippen LogP contribution in [0.3, 0.4) is 0 Å². The Labute approximate surface area is 374 Å². The second-order valence-electron chi connectivity index (χ2n) is 14.9. The molecular weight excluding hydrogens is 840 g/mol. The van der Waals surface area contributed by atoms with Crippen LogP contribution in [-0.4, -0.2) is 169 Å². The van der Waals surface area contributed by atoms with Crippen molar-refractivity contribution in [3.8, 4) is 17.2 Å². The molecule has 0 spiro atoms. The summed E-state index contributed by atoms with van der Waals surface area (Å²) in [5.41, 5.74) is 6.54. The predicted molar refractivity (Wildman–Crippen MR) is 230 cm³/mol. The molecule has 3 aliphatic heterocycles. The van der Waals surface area contributed by atoms with Gasteiger partial charge in [-0.3, -0.25) is 15.0 Å². The Kier molecular flexibility index (Phi) is 22.4. The van der Waals surface area contributed by atoms with Crippen molar-refractivity contribution in [2.75, 3.05) is 140 Å². The average molecular weight is 907 g/mol. The van der Waals surface area contributed by atoms with E-state index in [-0.39, 0.29) is 43.0 Å². The maximum absolute atomic E-state index is 12.6. The monoisotopic (exact) mass is 906 g/mol. The highest BCUT2D eigenvalue weighted by Gasteiger charge is 2.45.